The van der Waals surface area contributed by atoms with E-state index in [0.29, 0.717) is 28.2 Å². The van der Waals surface area contributed by atoms with Crippen molar-refractivity contribution in [1.29, 1.82) is 0 Å². The van der Waals surface area contributed by atoms with E-state index < -0.39 is 5.91 Å². The first-order valence-corrected chi connectivity index (χ1v) is 11.0. The van der Waals surface area contributed by atoms with Gasteiger partial charge >= 0.3 is 0 Å². The number of carbonyl (C=O) groups is 1. The maximum Gasteiger partial charge on any atom is 0.279 e. The fourth-order valence-electron chi connectivity index (χ4n) is 3.36. The fourth-order valence-corrected chi connectivity index (χ4v) is 3.77. The van der Waals surface area contributed by atoms with Gasteiger partial charge in [-0.3, -0.25) is 9.48 Å². The Bertz CT molecular complexity index is 1300. The Morgan fingerprint density at radius 2 is 1.94 bits per heavy atom. The molecule has 0 radical (unpaired) electrons. The SMILES string of the molecule is Cc1ccc(OCc2c(C(=O)Nc3nn(Cc4ccc(F)cc4)cc3Br)noc2C)c(C)c1. The zero-order valence-electron chi connectivity index (χ0n) is 18.4. The lowest BCUT2D eigenvalue weighted by Crippen LogP contribution is -2.16. The quantitative estimate of drug-likeness (QED) is 0.349. The van der Waals surface area contributed by atoms with Gasteiger partial charge in [0, 0.05) is 6.20 Å². The molecule has 0 saturated heterocycles. The number of benzene rings is 2. The monoisotopic (exact) mass is 512 g/mol. The first-order chi connectivity index (χ1) is 15.8. The summed E-state index contributed by atoms with van der Waals surface area (Å²) in [5, 5.41) is 11.1. The highest BCUT2D eigenvalue weighted by Crippen LogP contribution is 2.25. The molecule has 170 valence electrons. The maximum atomic E-state index is 13.1. The van der Waals surface area contributed by atoms with Gasteiger partial charge in [-0.25, -0.2) is 4.39 Å². The van der Waals surface area contributed by atoms with Gasteiger partial charge in [0.25, 0.3) is 5.91 Å². The summed E-state index contributed by atoms with van der Waals surface area (Å²) in [5.74, 6) is 0.817. The first kappa shape index (κ1) is 22.7. The van der Waals surface area contributed by atoms with E-state index in [-0.39, 0.29) is 18.1 Å². The topological polar surface area (TPSA) is 82.2 Å². The third kappa shape index (κ3) is 5.31. The second-order valence-electron chi connectivity index (χ2n) is 7.73. The molecule has 4 rings (SSSR count). The van der Waals surface area contributed by atoms with Crippen molar-refractivity contribution in [2.24, 2.45) is 0 Å². The summed E-state index contributed by atoms with van der Waals surface area (Å²) < 4.78 is 26.5. The molecule has 2 aromatic heterocycles. The van der Waals surface area contributed by atoms with E-state index >= 15 is 0 Å². The number of halogens is 2. The number of anilines is 1. The van der Waals surface area contributed by atoms with Crippen molar-refractivity contribution in [1.82, 2.24) is 14.9 Å². The zero-order chi connectivity index (χ0) is 23.5. The van der Waals surface area contributed by atoms with Crippen molar-refractivity contribution in [2.75, 3.05) is 5.32 Å². The minimum atomic E-state index is -0.459. The zero-order valence-corrected chi connectivity index (χ0v) is 19.9. The van der Waals surface area contributed by atoms with Crippen LogP contribution in [0.15, 0.2) is 57.7 Å². The van der Waals surface area contributed by atoms with E-state index in [1.165, 1.54) is 12.1 Å². The largest absolute Gasteiger partial charge is 0.488 e. The van der Waals surface area contributed by atoms with Crippen LogP contribution < -0.4 is 10.1 Å². The Morgan fingerprint density at radius 3 is 2.67 bits per heavy atom. The van der Waals surface area contributed by atoms with Crippen LogP contribution in [0.4, 0.5) is 10.2 Å². The van der Waals surface area contributed by atoms with Crippen LogP contribution in [-0.2, 0) is 13.2 Å². The second kappa shape index (κ2) is 9.58. The van der Waals surface area contributed by atoms with Crippen LogP contribution in [0.2, 0.25) is 0 Å². The van der Waals surface area contributed by atoms with Crippen molar-refractivity contribution in [3.05, 3.63) is 92.7 Å². The third-order valence-electron chi connectivity index (χ3n) is 5.11. The summed E-state index contributed by atoms with van der Waals surface area (Å²) >= 11 is 3.42. The number of carbonyl (C=O) groups excluding carboxylic acids is 1. The van der Waals surface area contributed by atoms with Crippen LogP contribution >= 0.6 is 15.9 Å². The molecule has 2 aromatic carbocycles. The molecule has 0 aliphatic rings. The molecule has 0 atom stereocenters. The number of amides is 1. The average molecular weight is 513 g/mol. The Balaban J connectivity index is 1.47. The molecule has 0 unspecified atom stereocenters. The summed E-state index contributed by atoms with van der Waals surface area (Å²) in [4.78, 5) is 12.9. The van der Waals surface area contributed by atoms with Gasteiger partial charge in [-0.15, -0.1) is 0 Å². The highest BCUT2D eigenvalue weighted by atomic mass is 79.9. The van der Waals surface area contributed by atoms with Gasteiger partial charge in [-0.05, 0) is 66.0 Å². The van der Waals surface area contributed by atoms with E-state index in [4.69, 9.17) is 9.26 Å². The van der Waals surface area contributed by atoms with Gasteiger partial charge in [-0.2, -0.15) is 5.10 Å². The number of nitrogens with one attached hydrogen (secondary N) is 1. The van der Waals surface area contributed by atoms with Crippen molar-refractivity contribution in [2.45, 2.75) is 33.9 Å². The lowest BCUT2D eigenvalue weighted by molar-refractivity contribution is 0.101. The molecular weight excluding hydrogens is 491 g/mol. The summed E-state index contributed by atoms with van der Waals surface area (Å²) in [6.45, 7) is 6.28. The third-order valence-corrected chi connectivity index (χ3v) is 5.69. The molecule has 0 bridgehead atoms. The standard InChI is InChI=1S/C24H22BrFN4O3/c1-14-4-9-21(15(2)10-14)32-13-19-16(3)33-29-22(19)24(31)27-23-20(25)12-30(28-23)11-17-5-7-18(26)8-6-17/h4-10,12H,11,13H2,1-3H3,(H,27,28,31). The van der Waals surface area contributed by atoms with E-state index in [9.17, 15) is 9.18 Å². The van der Waals surface area contributed by atoms with E-state index in [1.54, 1.807) is 29.9 Å². The number of rotatable bonds is 7. The Kier molecular flexibility index (Phi) is 6.60. The van der Waals surface area contributed by atoms with Gasteiger partial charge in [0.15, 0.2) is 11.5 Å². The highest BCUT2D eigenvalue weighted by Gasteiger charge is 2.22. The molecule has 7 nitrogen and oxygen atoms in total. The molecule has 2 heterocycles. The van der Waals surface area contributed by atoms with Crippen LogP contribution in [0.3, 0.4) is 0 Å². The summed E-state index contributed by atoms with van der Waals surface area (Å²) in [6.07, 6.45) is 1.73. The normalized spacial score (nSPS) is 10.9. The van der Waals surface area contributed by atoms with Crippen LogP contribution in [0, 0.1) is 26.6 Å². The molecule has 0 aliphatic carbocycles. The summed E-state index contributed by atoms with van der Waals surface area (Å²) in [5.41, 5.74) is 3.73. The molecule has 9 heteroatoms. The highest BCUT2D eigenvalue weighted by molar-refractivity contribution is 9.10. The lowest BCUT2D eigenvalue weighted by atomic mass is 10.1. The molecule has 1 amide bonds. The van der Waals surface area contributed by atoms with Crippen molar-refractivity contribution < 1.29 is 18.4 Å². The first-order valence-electron chi connectivity index (χ1n) is 10.2. The summed E-state index contributed by atoms with van der Waals surface area (Å²) in [7, 11) is 0. The average Bonchev–Trinajstić information content (AvgIpc) is 3.31. The lowest BCUT2D eigenvalue weighted by Gasteiger charge is -2.10. The number of aryl methyl sites for hydroxylation is 3. The summed E-state index contributed by atoms with van der Waals surface area (Å²) in [6, 6.07) is 12.1. The maximum absolute atomic E-state index is 13.1. The van der Waals surface area contributed by atoms with Crippen LogP contribution in [-0.4, -0.2) is 20.8 Å². The molecule has 1 N–H and O–H groups in total. The molecule has 0 saturated carbocycles. The predicted octanol–water partition coefficient (Wildman–Crippen LogP) is 5.58. The van der Waals surface area contributed by atoms with E-state index in [2.05, 4.69) is 31.5 Å². The van der Waals surface area contributed by atoms with Gasteiger partial charge < -0.3 is 14.6 Å². The molecule has 0 spiro atoms. The second-order valence-corrected chi connectivity index (χ2v) is 8.58. The minimum Gasteiger partial charge on any atom is -0.488 e. The van der Waals surface area contributed by atoms with Gasteiger partial charge in [-0.1, -0.05) is 35.0 Å². The van der Waals surface area contributed by atoms with Gasteiger partial charge in [0.05, 0.1) is 16.6 Å². The van der Waals surface area contributed by atoms with Crippen LogP contribution in [0.25, 0.3) is 0 Å². The minimum absolute atomic E-state index is 0.136. The number of hydrogen-bond acceptors (Lipinski definition) is 5. The molecule has 0 fully saturated rings. The van der Waals surface area contributed by atoms with Crippen LogP contribution in [0.1, 0.15) is 38.5 Å². The Labute approximate surface area is 198 Å². The van der Waals surface area contributed by atoms with Gasteiger partial charge in [0.2, 0.25) is 0 Å². The number of ether oxygens (including phenoxy) is 1. The Morgan fingerprint density at radius 1 is 1.18 bits per heavy atom. The molecular formula is C24H22BrFN4O3. The molecule has 0 aliphatic heterocycles. The molecule has 4 aromatic rings. The van der Waals surface area contributed by atoms with Crippen molar-refractivity contribution in [3.8, 4) is 5.75 Å². The number of hydrogen-bond donors (Lipinski definition) is 1. The Hall–Kier alpha value is -3.46. The smallest absolute Gasteiger partial charge is 0.279 e. The van der Waals surface area contributed by atoms with Crippen molar-refractivity contribution >= 4 is 27.7 Å². The number of aromatic nitrogens is 3. The van der Waals surface area contributed by atoms with Gasteiger partial charge in [0.1, 0.15) is 23.9 Å². The van der Waals surface area contributed by atoms with Crippen LogP contribution in [0.5, 0.6) is 5.75 Å². The molecule has 33 heavy (non-hydrogen) atoms. The predicted molar refractivity (Wildman–Crippen MR) is 125 cm³/mol. The van der Waals surface area contributed by atoms with E-state index in [0.717, 1.165) is 22.4 Å². The van der Waals surface area contributed by atoms with Crippen molar-refractivity contribution in [3.63, 3.8) is 0 Å². The van der Waals surface area contributed by atoms with E-state index in [1.807, 2.05) is 32.0 Å². The fraction of sp³-hybridized carbons (Fsp3) is 0.208. The number of nitrogens with zero attached hydrogens (tertiary/aromatic N) is 3.